The molecule has 1 rings (SSSR count). The van der Waals surface area contributed by atoms with Crippen LogP contribution in [0.2, 0.25) is 0 Å². The molecule has 3 nitrogen and oxygen atoms in total. The fourth-order valence-corrected chi connectivity index (χ4v) is 2.15. The molecular weight excluding hydrogens is 178 g/mol. The molecule has 1 atom stereocenters. The highest BCUT2D eigenvalue weighted by molar-refractivity contribution is 5.77. The number of hydrogen-bond donors (Lipinski definition) is 1. The van der Waals surface area contributed by atoms with Gasteiger partial charge >= 0.3 is 5.97 Å². The summed E-state index contributed by atoms with van der Waals surface area (Å²) in [4.78, 5) is 10.9. The van der Waals surface area contributed by atoms with Crippen molar-refractivity contribution in [1.82, 2.24) is 0 Å². The zero-order chi connectivity index (χ0) is 10.6. The van der Waals surface area contributed by atoms with Crippen LogP contribution < -0.4 is 0 Å². The van der Waals surface area contributed by atoms with Crippen molar-refractivity contribution in [2.24, 2.45) is 11.3 Å². The Labute approximate surface area is 84.7 Å². The second-order valence-corrected chi connectivity index (χ2v) is 4.46. The van der Waals surface area contributed by atoms with Crippen LogP contribution in [0.4, 0.5) is 0 Å². The van der Waals surface area contributed by atoms with E-state index < -0.39 is 11.4 Å². The quantitative estimate of drug-likeness (QED) is 0.752. The molecule has 0 aliphatic heterocycles. The summed E-state index contributed by atoms with van der Waals surface area (Å²) < 4.78 is 0. The lowest BCUT2D eigenvalue weighted by Gasteiger charge is -2.26. The highest BCUT2D eigenvalue weighted by atomic mass is 16.4. The van der Waals surface area contributed by atoms with E-state index in [1.165, 1.54) is 26.2 Å². The predicted molar refractivity (Wildman–Crippen MR) is 52.5 cm³/mol. The Kier molecular flexibility index (Phi) is 3.51. The summed E-state index contributed by atoms with van der Waals surface area (Å²) in [7, 11) is 0. The molecule has 0 radical (unpaired) electrons. The van der Waals surface area contributed by atoms with Crippen LogP contribution in [-0.4, -0.2) is 11.1 Å². The second-order valence-electron chi connectivity index (χ2n) is 4.46. The van der Waals surface area contributed by atoms with Gasteiger partial charge in [0, 0.05) is 0 Å². The molecule has 0 saturated heterocycles. The Morgan fingerprint density at radius 1 is 1.50 bits per heavy atom. The van der Waals surface area contributed by atoms with Gasteiger partial charge in [-0.2, -0.15) is 5.26 Å². The highest BCUT2D eigenvalue weighted by Crippen LogP contribution is 2.34. The number of carbonyl (C=O) groups is 1. The molecule has 0 aromatic heterocycles. The van der Waals surface area contributed by atoms with Gasteiger partial charge in [0.15, 0.2) is 5.41 Å². The standard InChI is InChI=1S/C11H17NO2/c1-11(8-12,10(13)14)7-9-5-3-2-4-6-9/h9H,2-7H2,1H3,(H,13,14). The smallest absolute Gasteiger partial charge is 0.323 e. The topological polar surface area (TPSA) is 61.1 Å². The van der Waals surface area contributed by atoms with Gasteiger partial charge in [-0.1, -0.05) is 32.1 Å². The molecule has 0 aromatic rings. The summed E-state index contributed by atoms with van der Waals surface area (Å²) in [6.45, 7) is 1.53. The van der Waals surface area contributed by atoms with Crippen LogP contribution >= 0.6 is 0 Å². The Bertz CT molecular complexity index is 251. The Morgan fingerprint density at radius 2 is 2.07 bits per heavy atom. The van der Waals surface area contributed by atoms with Crippen molar-refractivity contribution in [3.63, 3.8) is 0 Å². The van der Waals surface area contributed by atoms with Gasteiger partial charge in [-0.15, -0.1) is 0 Å². The first kappa shape index (κ1) is 11.0. The molecule has 0 spiro atoms. The fraction of sp³-hybridized carbons (Fsp3) is 0.818. The number of rotatable bonds is 3. The summed E-state index contributed by atoms with van der Waals surface area (Å²) in [6.07, 6.45) is 6.32. The van der Waals surface area contributed by atoms with Crippen LogP contribution in [0.25, 0.3) is 0 Å². The van der Waals surface area contributed by atoms with Gasteiger partial charge in [0.25, 0.3) is 0 Å². The average Bonchev–Trinajstić information content (AvgIpc) is 2.19. The zero-order valence-electron chi connectivity index (χ0n) is 8.62. The van der Waals surface area contributed by atoms with Gasteiger partial charge in [-0.25, -0.2) is 0 Å². The minimum Gasteiger partial charge on any atom is -0.480 e. The van der Waals surface area contributed by atoms with Crippen molar-refractivity contribution in [2.45, 2.75) is 45.4 Å². The predicted octanol–water partition coefficient (Wildman–Crippen LogP) is 2.57. The molecule has 0 aromatic carbocycles. The third-order valence-corrected chi connectivity index (χ3v) is 3.14. The Balaban J connectivity index is 2.56. The van der Waals surface area contributed by atoms with Gasteiger partial charge in [0.1, 0.15) is 0 Å². The lowest BCUT2D eigenvalue weighted by atomic mass is 9.76. The number of nitrogens with zero attached hydrogens (tertiary/aromatic N) is 1. The number of carboxylic acids is 1. The first-order valence-electron chi connectivity index (χ1n) is 5.23. The lowest BCUT2D eigenvalue weighted by molar-refractivity contribution is -0.145. The molecule has 0 bridgehead atoms. The third kappa shape index (κ3) is 2.47. The molecule has 0 heterocycles. The van der Waals surface area contributed by atoms with E-state index in [9.17, 15) is 4.79 Å². The molecule has 78 valence electrons. The van der Waals surface area contributed by atoms with E-state index in [2.05, 4.69) is 0 Å². The van der Waals surface area contributed by atoms with E-state index in [0.717, 1.165) is 12.8 Å². The van der Waals surface area contributed by atoms with Gasteiger partial charge in [-0.3, -0.25) is 4.79 Å². The summed E-state index contributed by atoms with van der Waals surface area (Å²) in [5, 5.41) is 17.8. The normalized spacial score (nSPS) is 22.3. The van der Waals surface area contributed by atoms with E-state index >= 15 is 0 Å². The largest absolute Gasteiger partial charge is 0.480 e. The van der Waals surface area contributed by atoms with E-state index in [0.29, 0.717) is 12.3 Å². The molecule has 1 fully saturated rings. The van der Waals surface area contributed by atoms with Gasteiger partial charge < -0.3 is 5.11 Å². The van der Waals surface area contributed by atoms with Crippen molar-refractivity contribution in [3.05, 3.63) is 0 Å². The van der Waals surface area contributed by atoms with Crippen LogP contribution in [-0.2, 0) is 4.79 Å². The molecule has 1 aliphatic carbocycles. The minimum absolute atomic E-state index is 0.435. The lowest BCUT2D eigenvalue weighted by Crippen LogP contribution is -2.29. The SMILES string of the molecule is CC(C#N)(CC1CCCCC1)C(=O)O. The summed E-state index contributed by atoms with van der Waals surface area (Å²) >= 11 is 0. The molecule has 0 amide bonds. The molecule has 1 saturated carbocycles. The van der Waals surface area contributed by atoms with Crippen LogP contribution in [0, 0.1) is 22.7 Å². The van der Waals surface area contributed by atoms with Crippen LogP contribution in [0.1, 0.15) is 45.4 Å². The Hall–Kier alpha value is -1.04. The average molecular weight is 195 g/mol. The molecule has 3 heteroatoms. The minimum atomic E-state index is -1.18. The van der Waals surface area contributed by atoms with Crippen molar-refractivity contribution < 1.29 is 9.90 Å². The summed E-state index contributed by atoms with van der Waals surface area (Å²) in [6, 6.07) is 1.93. The zero-order valence-corrected chi connectivity index (χ0v) is 8.62. The highest BCUT2D eigenvalue weighted by Gasteiger charge is 2.36. The Morgan fingerprint density at radius 3 is 2.50 bits per heavy atom. The van der Waals surface area contributed by atoms with E-state index in [1.807, 2.05) is 6.07 Å². The summed E-state index contributed by atoms with van der Waals surface area (Å²) in [5.41, 5.74) is -1.18. The summed E-state index contributed by atoms with van der Waals surface area (Å²) in [5.74, 6) is -0.546. The number of hydrogen-bond acceptors (Lipinski definition) is 2. The van der Waals surface area contributed by atoms with E-state index in [4.69, 9.17) is 10.4 Å². The number of carboxylic acid groups (broad SMARTS) is 1. The third-order valence-electron chi connectivity index (χ3n) is 3.14. The van der Waals surface area contributed by atoms with Crippen molar-refractivity contribution >= 4 is 5.97 Å². The maximum Gasteiger partial charge on any atom is 0.323 e. The maximum atomic E-state index is 10.9. The maximum absolute atomic E-state index is 10.9. The van der Waals surface area contributed by atoms with Crippen LogP contribution in [0.5, 0.6) is 0 Å². The van der Waals surface area contributed by atoms with Crippen LogP contribution in [0.3, 0.4) is 0 Å². The molecule has 1 aliphatic rings. The van der Waals surface area contributed by atoms with Crippen LogP contribution in [0.15, 0.2) is 0 Å². The van der Waals surface area contributed by atoms with E-state index in [1.54, 1.807) is 0 Å². The van der Waals surface area contributed by atoms with Crippen molar-refractivity contribution in [3.8, 4) is 6.07 Å². The van der Waals surface area contributed by atoms with Gasteiger partial charge in [-0.05, 0) is 19.3 Å². The van der Waals surface area contributed by atoms with E-state index in [-0.39, 0.29) is 0 Å². The van der Waals surface area contributed by atoms with Gasteiger partial charge in [0.2, 0.25) is 0 Å². The molecule has 14 heavy (non-hydrogen) atoms. The first-order valence-corrected chi connectivity index (χ1v) is 5.23. The number of aliphatic carboxylic acids is 1. The fourth-order valence-electron chi connectivity index (χ4n) is 2.15. The molecular formula is C11H17NO2. The first-order chi connectivity index (χ1) is 6.58. The number of nitriles is 1. The van der Waals surface area contributed by atoms with Gasteiger partial charge in [0.05, 0.1) is 6.07 Å². The monoisotopic (exact) mass is 195 g/mol. The van der Waals surface area contributed by atoms with Crippen molar-refractivity contribution in [1.29, 1.82) is 5.26 Å². The van der Waals surface area contributed by atoms with Crippen molar-refractivity contribution in [2.75, 3.05) is 0 Å². The molecule has 1 N–H and O–H groups in total. The second kappa shape index (κ2) is 4.45. The molecule has 1 unspecified atom stereocenters.